The molecule has 0 spiro atoms. The van der Waals surface area contributed by atoms with Crippen LogP contribution in [0.3, 0.4) is 0 Å². The molecule has 8 heteroatoms. The monoisotopic (exact) mass is 384 g/mol. The number of ether oxygens (including phenoxy) is 2. The maximum absolute atomic E-state index is 12.5. The highest BCUT2D eigenvalue weighted by Crippen LogP contribution is 2.34. The fourth-order valence-corrected chi connectivity index (χ4v) is 3.21. The van der Waals surface area contributed by atoms with Crippen LogP contribution >= 0.6 is 0 Å². The molecular weight excluding hydrogens is 360 g/mol. The first-order valence-electron chi connectivity index (χ1n) is 8.80. The topological polar surface area (TPSA) is 98.4 Å². The molecule has 2 aromatic rings. The number of anilines is 1. The highest BCUT2D eigenvalue weighted by molar-refractivity contribution is 6.14. The smallest absolute Gasteiger partial charge is 0.361 e. The second-order valence-electron chi connectivity index (χ2n) is 6.44. The lowest BCUT2D eigenvalue weighted by atomic mass is 9.94. The van der Waals surface area contributed by atoms with Gasteiger partial charge in [0.05, 0.1) is 33.1 Å². The molecule has 28 heavy (non-hydrogen) atoms. The minimum atomic E-state index is -0.449. The van der Waals surface area contributed by atoms with Crippen molar-refractivity contribution in [1.82, 2.24) is 10.5 Å². The van der Waals surface area contributed by atoms with Crippen LogP contribution < -0.4 is 20.7 Å². The summed E-state index contributed by atoms with van der Waals surface area (Å²) in [4.78, 5) is 17.3. The van der Waals surface area contributed by atoms with E-state index in [1.54, 1.807) is 26.4 Å². The Morgan fingerprint density at radius 2 is 1.79 bits per heavy atom. The third-order valence-electron chi connectivity index (χ3n) is 4.59. The van der Waals surface area contributed by atoms with Gasteiger partial charge in [-0.15, -0.1) is 0 Å². The molecule has 0 radical (unpaired) electrons. The van der Waals surface area contributed by atoms with E-state index < -0.39 is 6.03 Å². The number of hydrazone groups is 1. The van der Waals surface area contributed by atoms with E-state index in [0.29, 0.717) is 29.3 Å². The molecule has 0 saturated heterocycles. The van der Waals surface area contributed by atoms with E-state index >= 15 is 0 Å². The summed E-state index contributed by atoms with van der Waals surface area (Å²) in [5.41, 5.74) is 12.1. The Labute approximate surface area is 163 Å². The van der Waals surface area contributed by atoms with Crippen LogP contribution in [0.5, 0.6) is 11.5 Å². The number of carbonyl (C=O) groups is 1. The fourth-order valence-electron chi connectivity index (χ4n) is 3.21. The highest BCUT2D eigenvalue weighted by Gasteiger charge is 2.28. The number of carbonyl (C=O) groups excluding carboxylic acids is 1. The molecule has 0 saturated carbocycles. The fraction of sp³-hybridized carbons (Fsp3) is 0.300. The molecule has 0 unspecified atom stereocenters. The Bertz CT molecular complexity index is 896. The zero-order valence-electron chi connectivity index (χ0n) is 16.4. The maximum Gasteiger partial charge on any atom is 0.361 e. The van der Waals surface area contributed by atoms with Gasteiger partial charge in [-0.3, -0.25) is 4.84 Å². The van der Waals surface area contributed by atoms with E-state index in [9.17, 15) is 4.79 Å². The standard InChI is InChI=1S/C20H24N4O4/c1-12-9-14-10-17(26-2)18(27-3)11-16(14)19(13-5-7-15(21)8-6-13)22-24(12)20(25)23-28-4/h5-8,10-12H,9,21H2,1-4H3,(H,23,25)/t12-/m1/s1. The number of fused-ring (bicyclic) bond motifs is 1. The quantitative estimate of drug-likeness (QED) is 0.624. The predicted octanol–water partition coefficient (Wildman–Crippen LogP) is 2.56. The lowest BCUT2D eigenvalue weighted by Gasteiger charge is -2.22. The molecule has 1 aliphatic heterocycles. The van der Waals surface area contributed by atoms with E-state index in [1.165, 1.54) is 12.1 Å². The lowest BCUT2D eigenvalue weighted by Crippen LogP contribution is -2.42. The van der Waals surface area contributed by atoms with Gasteiger partial charge in [-0.25, -0.2) is 15.3 Å². The minimum absolute atomic E-state index is 0.210. The molecule has 3 rings (SSSR count). The first kappa shape index (κ1) is 19.5. The van der Waals surface area contributed by atoms with Crippen LogP contribution in [-0.4, -0.2) is 44.1 Å². The summed E-state index contributed by atoms with van der Waals surface area (Å²) in [6.07, 6.45) is 0.578. The molecule has 0 aliphatic carbocycles. The third kappa shape index (κ3) is 3.72. The number of rotatable bonds is 4. The number of hydroxylamine groups is 1. The summed E-state index contributed by atoms with van der Waals surface area (Å²) >= 11 is 0. The average Bonchev–Trinajstić information content (AvgIpc) is 2.83. The number of urea groups is 1. The Kier molecular flexibility index (Phi) is 5.70. The normalized spacial score (nSPS) is 15.9. The van der Waals surface area contributed by atoms with Gasteiger partial charge in [0.1, 0.15) is 0 Å². The Balaban J connectivity index is 2.21. The molecule has 2 amide bonds. The summed E-state index contributed by atoms with van der Waals surface area (Å²) in [6, 6.07) is 10.5. The van der Waals surface area contributed by atoms with E-state index in [2.05, 4.69) is 10.6 Å². The van der Waals surface area contributed by atoms with E-state index in [1.807, 2.05) is 31.2 Å². The minimum Gasteiger partial charge on any atom is -0.493 e. The van der Waals surface area contributed by atoms with Crippen molar-refractivity contribution >= 4 is 17.4 Å². The maximum atomic E-state index is 12.5. The van der Waals surface area contributed by atoms with Crippen molar-refractivity contribution in [2.24, 2.45) is 5.10 Å². The molecule has 8 nitrogen and oxygen atoms in total. The van der Waals surface area contributed by atoms with Gasteiger partial charge in [0.2, 0.25) is 0 Å². The molecule has 3 N–H and O–H groups in total. The van der Waals surface area contributed by atoms with Gasteiger partial charge < -0.3 is 15.2 Å². The van der Waals surface area contributed by atoms with E-state index in [4.69, 9.17) is 20.0 Å². The number of nitrogen functional groups attached to an aromatic ring is 1. The summed E-state index contributed by atoms with van der Waals surface area (Å²) in [5.74, 6) is 1.21. The van der Waals surface area contributed by atoms with E-state index in [0.717, 1.165) is 16.7 Å². The number of hydrogen-bond acceptors (Lipinski definition) is 6. The van der Waals surface area contributed by atoms with Gasteiger partial charge in [-0.1, -0.05) is 12.1 Å². The van der Waals surface area contributed by atoms with Crippen molar-refractivity contribution in [2.45, 2.75) is 19.4 Å². The van der Waals surface area contributed by atoms with Crippen LogP contribution in [-0.2, 0) is 11.3 Å². The molecule has 0 fully saturated rings. The Morgan fingerprint density at radius 1 is 1.14 bits per heavy atom. The largest absolute Gasteiger partial charge is 0.493 e. The third-order valence-corrected chi connectivity index (χ3v) is 4.59. The average molecular weight is 384 g/mol. The van der Waals surface area contributed by atoms with Crippen molar-refractivity contribution in [3.63, 3.8) is 0 Å². The van der Waals surface area contributed by atoms with Gasteiger partial charge in [0.15, 0.2) is 11.5 Å². The molecule has 0 aromatic heterocycles. The van der Waals surface area contributed by atoms with Gasteiger partial charge >= 0.3 is 6.03 Å². The van der Waals surface area contributed by atoms with Crippen molar-refractivity contribution in [3.05, 3.63) is 53.1 Å². The molecule has 2 aromatic carbocycles. The van der Waals surface area contributed by atoms with Crippen LogP contribution in [0, 0.1) is 0 Å². The Morgan fingerprint density at radius 3 is 2.39 bits per heavy atom. The van der Waals surface area contributed by atoms with Crippen LogP contribution in [0.2, 0.25) is 0 Å². The van der Waals surface area contributed by atoms with Gasteiger partial charge in [-0.05, 0) is 43.2 Å². The van der Waals surface area contributed by atoms with Crippen LogP contribution in [0.25, 0.3) is 0 Å². The number of methoxy groups -OCH3 is 2. The van der Waals surface area contributed by atoms with Crippen LogP contribution in [0.1, 0.15) is 23.6 Å². The molecule has 0 bridgehead atoms. The SMILES string of the molecule is CONC(=O)N1N=C(c2ccc(N)cc2)c2cc(OC)c(OC)cc2C[C@H]1C. The van der Waals surface area contributed by atoms with Gasteiger partial charge in [-0.2, -0.15) is 5.10 Å². The second-order valence-corrected chi connectivity index (χ2v) is 6.44. The second kappa shape index (κ2) is 8.18. The molecule has 1 atom stereocenters. The van der Waals surface area contributed by atoms with Gasteiger partial charge in [0, 0.05) is 16.8 Å². The molecule has 1 heterocycles. The van der Waals surface area contributed by atoms with Crippen molar-refractivity contribution in [2.75, 3.05) is 27.1 Å². The summed E-state index contributed by atoms with van der Waals surface area (Å²) in [5, 5.41) is 6.05. The number of amides is 2. The lowest BCUT2D eigenvalue weighted by molar-refractivity contribution is 0.0805. The van der Waals surface area contributed by atoms with Crippen molar-refractivity contribution in [1.29, 1.82) is 0 Å². The number of nitrogens with zero attached hydrogens (tertiary/aromatic N) is 2. The van der Waals surface area contributed by atoms with Gasteiger partial charge in [0.25, 0.3) is 0 Å². The number of benzene rings is 2. The van der Waals surface area contributed by atoms with Crippen LogP contribution in [0.15, 0.2) is 41.5 Å². The summed E-state index contributed by atoms with van der Waals surface area (Å²) in [6.45, 7) is 1.92. The number of nitrogens with one attached hydrogen (secondary N) is 1. The predicted molar refractivity (Wildman–Crippen MR) is 107 cm³/mol. The van der Waals surface area contributed by atoms with E-state index in [-0.39, 0.29) is 6.04 Å². The first-order valence-corrected chi connectivity index (χ1v) is 8.80. The number of nitrogens with two attached hydrogens (primary N) is 1. The Hall–Kier alpha value is -3.26. The van der Waals surface area contributed by atoms with Crippen molar-refractivity contribution in [3.8, 4) is 11.5 Å². The first-order chi connectivity index (χ1) is 13.5. The zero-order chi connectivity index (χ0) is 20.3. The molecule has 148 valence electrons. The summed E-state index contributed by atoms with van der Waals surface area (Å²) < 4.78 is 10.9. The highest BCUT2D eigenvalue weighted by atomic mass is 16.6. The molecule has 1 aliphatic rings. The van der Waals surface area contributed by atoms with Crippen LogP contribution in [0.4, 0.5) is 10.5 Å². The zero-order valence-corrected chi connectivity index (χ0v) is 16.4. The summed E-state index contributed by atoms with van der Waals surface area (Å²) in [7, 11) is 4.56. The van der Waals surface area contributed by atoms with Crippen molar-refractivity contribution < 1.29 is 19.1 Å². The number of hydrogen-bond donors (Lipinski definition) is 2. The molecular formula is C20H24N4O4.